The Kier molecular flexibility index (Phi) is 7.32. The molecule has 36 heavy (non-hydrogen) atoms. The molecule has 1 aromatic carbocycles. The first-order valence-electron chi connectivity index (χ1n) is 11.8. The van der Waals surface area contributed by atoms with Gasteiger partial charge in [0.2, 0.25) is 5.91 Å². The van der Waals surface area contributed by atoms with Gasteiger partial charge >= 0.3 is 0 Å². The van der Waals surface area contributed by atoms with Gasteiger partial charge in [-0.1, -0.05) is 12.1 Å². The van der Waals surface area contributed by atoms with Gasteiger partial charge in [0.05, 0.1) is 5.56 Å². The first-order chi connectivity index (χ1) is 17.1. The Morgan fingerprint density at radius 2 is 1.75 bits per heavy atom. The molecular weight excluding hydrogens is 468 g/mol. The molecule has 0 aliphatic heterocycles. The van der Waals surface area contributed by atoms with Crippen LogP contribution in [0.15, 0.2) is 48.8 Å². The average Bonchev–Trinajstić information content (AvgIpc) is 3.26. The molecule has 1 fully saturated rings. The fourth-order valence-corrected chi connectivity index (χ4v) is 4.85. The van der Waals surface area contributed by atoms with Gasteiger partial charge < -0.3 is 15.8 Å². The van der Waals surface area contributed by atoms with E-state index in [9.17, 15) is 23.6 Å². The van der Waals surface area contributed by atoms with Crippen LogP contribution in [0.1, 0.15) is 41.0 Å². The maximum absolute atomic E-state index is 14.2. The van der Waals surface area contributed by atoms with Gasteiger partial charge in [-0.15, -0.1) is 0 Å². The summed E-state index contributed by atoms with van der Waals surface area (Å²) in [5.41, 5.74) is 3.79. The SMILES string of the molecule is Cc1cc[n+]([O-])c(C)c1-c1ccc(NC(=O)C(NC(=O)c2ccnn2C)C2CC(F)CC(F)C2)cc1. The molecule has 1 aliphatic carbocycles. The molecule has 0 saturated heterocycles. The fourth-order valence-electron chi connectivity index (χ4n) is 4.85. The Bertz CT molecular complexity index is 1250. The number of pyridine rings is 1. The molecule has 190 valence electrons. The van der Waals surface area contributed by atoms with Crippen LogP contribution >= 0.6 is 0 Å². The van der Waals surface area contributed by atoms with Crippen LogP contribution in [0.4, 0.5) is 14.5 Å². The summed E-state index contributed by atoms with van der Waals surface area (Å²) in [5, 5.41) is 21.4. The minimum Gasteiger partial charge on any atom is -0.618 e. The van der Waals surface area contributed by atoms with E-state index in [4.69, 9.17) is 0 Å². The van der Waals surface area contributed by atoms with Crippen molar-refractivity contribution in [2.45, 2.75) is 51.5 Å². The highest BCUT2D eigenvalue weighted by molar-refractivity contribution is 6.00. The Labute approximate surface area is 207 Å². The van der Waals surface area contributed by atoms with Gasteiger partial charge in [0, 0.05) is 38.3 Å². The molecule has 4 rings (SSSR count). The molecule has 1 aliphatic rings. The number of nitrogens with zero attached hydrogens (tertiary/aromatic N) is 3. The van der Waals surface area contributed by atoms with Crippen molar-refractivity contribution < 1.29 is 23.1 Å². The number of aryl methyl sites for hydroxylation is 2. The van der Waals surface area contributed by atoms with Crippen LogP contribution in [0.25, 0.3) is 11.1 Å². The van der Waals surface area contributed by atoms with E-state index in [1.54, 1.807) is 44.3 Å². The van der Waals surface area contributed by atoms with E-state index >= 15 is 0 Å². The van der Waals surface area contributed by atoms with Gasteiger partial charge in [-0.25, -0.2) is 8.78 Å². The minimum atomic E-state index is -1.39. The van der Waals surface area contributed by atoms with E-state index in [2.05, 4.69) is 15.7 Å². The van der Waals surface area contributed by atoms with Crippen LogP contribution in [-0.4, -0.2) is 40.0 Å². The zero-order valence-corrected chi connectivity index (χ0v) is 20.4. The largest absolute Gasteiger partial charge is 0.618 e. The van der Waals surface area contributed by atoms with E-state index in [0.29, 0.717) is 11.4 Å². The van der Waals surface area contributed by atoms with Gasteiger partial charge in [-0.05, 0) is 55.0 Å². The lowest BCUT2D eigenvalue weighted by atomic mass is 9.81. The van der Waals surface area contributed by atoms with E-state index in [0.717, 1.165) is 21.4 Å². The van der Waals surface area contributed by atoms with E-state index in [-0.39, 0.29) is 25.0 Å². The van der Waals surface area contributed by atoms with Crippen molar-refractivity contribution in [1.29, 1.82) is 0 Å². The predicted octanol–water partition coefficient (Wildman–Crippen LogP) is 3.55. The third kappa shape index (κ3) is 5.37. The third-order valence-electron chi connectivity index (χ3n) is 6.71. The number of amides is 2. The molecule has 10 heteroatoms. The van der Waals surface area contributed by atoms with Gasteiger partial charge in [0.1, 0.15) is 24.1 Å². The Balaban J connectivity index is 1.55. The third-order valence-corrected chi connectivity index (χ3v) is 6.71. The second-order valence-electron chi connectivity index (χ2n) is 9.30. The van der Waals surface area contributed by atoms with Crippen molar-refractivity contribution in [2.75, 3.05) is 5.32 Å². The van der Waals surface area contributed by atoms with Crippen molar-refractivity contribution in [2.24, 2.45) is 13.0 Å². The molecule has 2 aromatic heterocycles. The molecule has 1 saturated carbocycles. The van der Waals surface area contributed by atoms with E-state index in [1.807, 2.05) is 6.92 Å². The topological polar surface area (TPSA) is 103 Å². The number of rotatable bonds is 6. The van der Waals surface area contributed by atoms with Crippen LogP contribution in [-0.2, 0) is 11.8 Å². The molecule has 0 bridgehead atoms. The average molecular weight is 498 g/mol. The number of halogens is 2. The standard InChI is InChI=1S/C26H29F2N5O3/c1-15-9-11-33(36)16(2)23(15)17-4-6-21(7-5-17)30-26(35)24(18-12-19(27)14-20(28)13-18)31-25(34)22-8-10-29-32(22)3/h4-11,18-20,24H,12-14H2,1-3H3,(H,30,35)(H,31,34). The van der Waals surface area contributed by atoms with Crippen molar-refractivity contribution in [3.63, 3.8) is 0 Å². The summed E-state index contributed by atoms with van der Waals surface area (Å²) in [7, 11) is 1.59. The monoisotopic (exact) mass is 497 g/mol. The second-order valence-corrected chi connectivity index (χ2v) is 9.30. The number of anilines is 1. The highest BCUT2D eigenvalue weighted by Crippen LogP contribution is 2.32. The number of hydrogen-bond acceptors (Lipinski definition) is 4. The lowest BCUT2D eigenvalue weighted by Gasteiger charge is -2.33. The molecular formula is C26H29F2N5O3. The summed E-state index contributed by atoms with van der Waals surface area (Å²) in [5.74, 6) is -1.82. The molecule has 3 atom stereocenters. The predicted molar refractivity (Wildman–Crippen MR) is 131 cm³/mol. The number of alkyl halides is 2. The minimum absolute atomic E-state index is 0.0229. The molecule has 3 unspecified atom stereocenters. The number of benzene rings is 1. The van der Waals surface area contributed by atoms with Crippen LogP contribution in [0.2, 0.25) is 0 Å². The summed E-state index contributed by atoms with van der Waals surface area (Å²) in [6, 6.07) is 9.03. The molecule has 0 spiro atoms. The highest BCUT2D eigenvalue weighted by atomic mass is 19.1. The van der Waals surface area contributed by atoms with Crippen LogP contribution < -0.4 is 15.4 Å². The normalized spacial score (nSPS) is 20.5. The lowest BCUT2D eigenvalue weighted by Crippen LogP contribution is -2.51. The summed E-state index contributed by atoms with van der Waals surface area (Å²) >= 11 is 0. The molecule has 2 amide bonds. The number of nitrogens with one attached hydrogen (secondary N) is 2. The summed E-state index contributed by atoms with van der Waals surface area (Å²) < 4.78 is 30.5. The van der Waals surface area contributed by atoms with Gasteiger partial charge in [0.15, 0.2) is 11.9 Å². The van der Waals surface area contributed by atoms with Crippen molar-refractivity contribution in [3.05, 3.63) is 71.0 Å². The number of carbonyl (C=O) groups excluding carboxylic acids is 2. The van der Waals surface area contributed by atoms with Gasteiger partial charge in [-0.2, -0.15) is 9.83 Å². The molecule has 0 radical (unpaired) electrons. The van der Waals surface area contributed by atoms with Crippen molar-refractivity contribution in [1.82, 2.24) is 15.1 Å². The first kappa shape index (κ1) is 25.3. The van der Waals surface area contributed by atoms with Gasteiger partial charge in [-0.3, -0.25) is 14.3 Å². The zero-order chi connectivity index (χ0) is 26.0. The van der Waals surface area contributed by atoms with Crippen LogP contribution in [0.3, 0.4) is 0 Å². The summed E-state index contributed by atoms with van der Waals surface area (Å²) in [6.07, 6.45) is -0.116. The Morgan fingerprint density at radius 1 is 1.08 bits per heavy atom. The summed E-state index contributed by atoms with van der Waals surface area (Å²) in [4.78, 5) is 26.1. The van der Waals surface area contributed by atoms with Crippen LogP contribution in [0.5, 0.6) is 0 Å². The summed E-state index contributed by atoms with van der Waals surface area (Å²) in [6.45, 7) is 3.65. The lowest BCUT2D eigenvalue weighted by molar-refractivity contribution is -0.611. The number of carbonyl (C=O) groups is 2. The molecule has 2 heterocycles. The van der Waals surface area contributed by atoms with Crippen molar-refractivity contribution >= 4 is 17.5 Å². The zero-order valence-electron chi connectivity index (χ0n) is 20.4. The fraction of sp³-hybridized carbons (Fsp3) is 0.385. The highest BCUT2D eigenvalue weighted by Gasteiger charge is 2.38. The first-order valence-corrected chi connectivity index (χ1v) is 11.8. The quantitative estimate of drug-likeness (QED) is 0.402. The van der Waals surface area contributed by atoms with Crippen molar-refractivity contribution in [3.8, 4) is 11.1 Å². The smallest absolute Gasteiger partial charge is 0.270 e. The van der Waals surface area contributed by atoms with Crippen LogP contribution in [0, 0.1) is 25.0 Å². The number of hydrogen-bond donors (Lipinski definition) is 2. The molecule has 8 nitrogen and oxygen atoms in total. The second kappa shape index (κ2) is 10.4. The maximum Gasteiger partial charge on any atom is 0.270 e. The maximum atomic E-state index is 14.2. The number of aromatic nitrogens is 3. The Hall–Kier alpha value is -3.82. The Morgan fingerprint density at radius 3 is 2.36 bits per heavy atom. The molecule has 3 aromatic rings. The van der Waals surface area contributed by atoms with Gasteiger partial charge in [0.25, 0.3) is 5.91 Å². The molecule has 2 N–H and O–H groups in total. The van der Waals surface area contributed by atoms with E-state index in [1.165, 1.54) is 23.1 Å². The van der Waals surface area contributed by atoms with E-state index < -0.39 is 36.1 Å².